The van der Waals surface area contributed by atoms with Gasteiger partial charge in [0.2, 0.25) is 11.8 Å². The normalized spacial score (nSPS) is 10.6. The van der Waals surface area contributed by atoms with Gasteiger partial charge in [-0.1, -0.05) is 13.0 Å². The lowest BCUT2D eigenvalue weighted by Crippen LogP contribution is -2.43. The molecule has 0 aromatic carbocycles. The van der Waals surface area contributed by atoms with Crippen molar-refractivity contribution in [3.8, 4) is 0 Å². The highest BCUT2D eigenvalue weighted by molar-refractivity contribution is 7.09. The highest BCUT2D eigenvalue weighted by Gasteiger charge is 2.16. The number of carbonyl (C=O) groups is 2. The molecule has 0 aliphatic rings. The van der Waals surface area contributed by atoms with Crippen molar-refractivity contribution >= 4 is 23.2 Å². The van der Waals surface area contributed by atoms with Gasteiger partial charge in [0.25, 0.3) is 0 Å². The molecular formula is C14H23N3O2S. The molecule has 0 bridgehead atoms. The van der Waals surface area contributed by atoms with Crippen LogP contribution in [0.5, 0.6) is 0 Å². The molecular weight excluding hydrogens is 274 g/mol. The van der Waals surface area contributed by atoms with Gasteiger partial charge in [0.05, 0.1) is 19.6 Å². The predicted octanol–water partition coefficient (Wildman–Crippen LogP) is 1.16. The molecule has 0 aliphatic carbocycles. The Morgan fingerprint density at radius 3 is 2.60 bits per heavy atom. The van der Waals surface area contributed by atoms with Gasteiger partial charge in [-0.25, -0.2) is 0 Å². The number of hydrogen-bond acceptors (Lipinski definition) is 4. The summed E-state index contributed by atoms with van der Waals surface area (Å²) >= 11 is 1.64. The van der Waals surface area contributed by atoms with E-state index in [1.807, 2.05) is 36.3 Å². The van der Waals surface area contributed by atoms with E-state index in [1.54, 1.807) is 23.3 Å². The Labute approximate surface area is 124 Å². The Hall–Kier alpha value is -1.40. The highest BCUT2D eigenvalue weighted by Crippen LogP contribution is 2.10. The maximum absolute atomic E-state index is 12.1. The van der Waals surface area contributed by atoms with Gasteiger partial charge in [-0.3, -0.25) is 14.5 Å². The summed E-state index contributed by atoms with van der Waals surface area (Å²) in [6.45, 7) is 6.28. The minimum atomic E-state index is -0.0388. The fourth-order valence-corrected chi connectivity index (χ4v) is 2.53. The molecule has 112 valence electrons. The minimum Gasteiger partial charge on any atom is -0.355 e. The van der Waals surface area contributed by atoms with Crippen LogP contribution in [0.15, 0.2) is 17.5 Å². The topological polar surface area (TPSA) is 52.7 Å². The SMILES string of the molecule is CCNC(=O)CN(CC)CC(=O)N(C)Cc1cccs1. The summed E-state index contributed by atoms with van der Waals surface area (Å²) in [6.07, 6.45) is 0. The van der Waals surface area contributed by atoms with E-state index < -0.39 is 0 Å². The third-order valence-electron chi connectivity index (χ3n) is 2.95. The van der Waals surface area contributed by atoms with Gasteiger partial charge < -0.3 is 10.2 Å². The molecule has 1 aromatic heterocycles. The molecule has 6 heteroatoms. The van der Waals surface area contributed by atoms with Gasteiger partial charge in [0.15, 0.2) is 0 Å². The summed E-state index contributed by atoms with van der Waals surface area (Å²) in [5.41, 5.74) is 0. The van der Waals surface area contributed by atoms with Crippen LogP contribution in [-0.2, 0) is 16.1 Å². The van der Waals surface area contributed by atoms with Crippen LogP contribution in [0.25, 0.3) is 0 Å². The van der Waals surface area contributed by atoms with Gasteiger partial charge in [-0.15, -0.1) is 11.3 Å². The number of nitrogens with one attached hydrogen (secondary N) is 1. The second-order valence-corrected chi connectivity index (χ2v) is 5.62. The number of nitrogens with zero attached hydrogens (tertiary/aromatic N) is 2. The average molecular weight is 297 g/mol. The van der Waals surface area contributed by atoms with Crippen LogP contribution in [0.3, 0.4) is 0 Å². The largest absolute Gasteiger partial charge is 0.355 e. The number of rotatable bonds is 8. The van der Waals surface area contributed by atoms with Gasteiger partial charge in [0.1, 0.15) is 0 Å². The monoisotopic (exact) mass is 297 g/mol. The van der Waals surface area contributed by atoms with Crippen molar-refractivity contribution in [2.24, 2.45) is 0 Å². The Balaban J connectivity index is 2.43. The lowest BCUT2D eigenvalue weighted by Gasteiger charge is -2.23. The van der Waals surface area contributed by atoms with Crippen LogP contribution in [-0.4, -0.2) is 54.8 Å². The molecule has 1 heterocycles. The van der Waals surface area contributed by atoms with E-state index in [-0.39, 0.29) is 24.9 Å². The molecule has 1 aromatic rings. The van der Waals surface area contributed by atoms with Crippen molar-refractivity contribution in [1.29, 1.82) is 0 Å². The van der Waals surface area contributed by atoms with Gasteiger partial charge in [-0.05, 0) is 24.9 Å². The fraction of sp³-hybridized carbons (Fsp3) is 0.571. The summed E-state index contributed by atoms with van der Waals surface area (Å²) < 4.78 is 0. The molecule has 0 saturated carbocycles. The van der Waals surface area contributed by atoms with Crippen molar-refractivity contribution < 1.29 is 9.59 Å². The molecule has 0 aliphatic heterocycles. The van der Waals surface area contributed by atoms with Gasteiger partial charge >= 0.3 is 0 Å². The summed E-state index contributed by atoms with van der Waals surface area (Å²) in [5.74, 6) is -0.00684. The number of likely N-dealkylation sites (N-methyl/N-ethyl adjacent to an activating group) is 3. The highest BCUT2D eigenvalue weighted by atomic mass is 32.1. The number of thiophene rings is 1. The molecule has 5 nitrogen and oxygen atoms in total. The van der Waals surface area contributed by atoms with Crippen LogP contribution in [0.4, 0.5) is 0 Å². The van der Waals surface area contributed by atoms with Crippen LogP contribution < -0.4 is 5.32 Å². The molecule has 0 atom stereocenters. The quantitative estimate of drug-likeness (QED) is 0.783. The molecule has 0 spiro atoms. The maximum atomic E-state index is 12.1. The lowest BCUT2D eigenvalue weighted by molar-refractivity contribution is -0.132. The predicted molar refractivity (Wildman–Crippen MR) is 81.6 cm³/mol. The zero-order valence-corrected chi connectivity index (χ0v) is 13.2. The lowest BCUT2D eigenvalue weighted by atomic mass is 10.3. The molecule has 1 rings (SSSR count). The van der Waals surface area contributed by atoms with Gasteiger partial charge in [0, 0.05) is 18.5 Å². The van der Waals surface area contributed by atoms with E-state index in [1.165, 1.54) is 0 Å². The standard InChI is InChI=1S/C14H23N3O2S/c1-4-15-13(18)10-17(5-2)11-14(19)16(3)9-12-7-6-8-20-12/h6-8H,4-5,9-11H2,1-3H3,(H,15,18). The van der Waals surface area contributed by atoms with E-state index in [2.05, 4.69) is 5.32 Å². The molecule has 20 heavy (non-hydrogen) atoms. The molecule has 0 radical (unpaired) electrons. The first-order chi connectivity index (χ1) is 9.56. The first kappa shape index (κ1) is 16.7. The van der Waals surface area contributed by atoms with Crippen molar-refractivity contribution in [2.45, 2.75) is 20.4 Å². The van der Waals surface area contributed by atoms with Crippen LogP contribution in [0, 0.1) is 0 Å². The molecule has 0 fully saturated rings. The minimum absolute atomic E-state index is 0.0320. The molecule has 0 saturated heterocycles. The average Bonchev–Trinajstić information content (AvgIpc) is 2.90. The molecule has 2 amide bonds. The second kappa shape index (κ2) is 8.71. The van der Waals surface area contributed by atoms with Crippen molar-refractivity contribution in [1.82, 2.24) is 15.1 Å². The zero-order valence-electron chi connectivity index (χ0n) is 12.4. The zero-order chi connectivity index (χ0) is 15.0. The summed E-state index contributed by atoms with van der Waals surface area (Å²) in [5, 5.41) is 4.75. The summed E-state index contributed by atoms with van der Waals surface area (Å²) in [4.78, 5) is 28.4. The number of carbonyl (C=O) groups excluding carboxylic acids is 2. The van der Waals surface area contributed by atoms with Crippen molar-refractivity contribution in [2.75, 3.05) is 33.2 Å². The van der Waals surface area contributed by atoms with Crippen LogP contribution in [0.1, 0.15) is 18.7 Å². The summed E-state index contributed by atoms with van der Waals surface area (Å²) in [6, 6.07) is 3.99. The second-order valence-electron chi connectivity index (χ2n) is 4.59. The van der Waals surface area contributed by atoms with Gasteiger partial charge in [-0.2, -0.15) is 0 Å². The van der Waals surface area contributed by atoms with Crippen molar-refractivity contribution in [3.63, 3.8) is 0 Å². The first-order valence-corrected chi connectivity index (χ1v) is 7.70. The smallest absolute Gasteiger partial charge is 0.236 e. The van der Waals surface area contributed by atoms with E-state index in [9.17, 15) is 9.59 Å². The third kappa shape index (κ3) is 5.71. The van der Waals surface area contributed by atoms with E-state index in [0.29, 0.717) is 19.6 Å². The third-order valence-corrected chi connectivity index (χ3v) is 3.81. The fourth-order valence-electron chi connectivity index (χ4n) is 1.77. The van der Waals surface area contributed by atoms with E-state index in [4.69, 9.17) is 0 Å². The Kier molecular flexibility index (Phi) is 7.25. The Bertz CT molecular complexity index is 420. The van der Waals surface area contributed by atoms with E-state index in [0.717, 1.165) is 4.88 Å². The molecule has 0 unspecified atom stereocenters. The summed E-state index contributed by atoms with van der Waals surface area (Å²) in [7, 11) is 1.79. The number of amides is 2. The Morgan fingerprint density at radius 2 is 2.05 bits per heavy atom. The van der Waals surface area contributed by atoms with E-state index >= 15 is 0 Å². The number of hydrogen-bond donors (Lipinski definition) is 1. The Morgan fingerprint density at radius 1 is 1.30 bits per heavy atom. The van der Waals surface area contributed by atoms with Crippen LogP contribution in [0.2, 0.25) is 0 Å². The first-order valence-electron chi connectivity index (χ1n) is 6.82. The molecule has 1 N–H and O–H groups in total. The van der Waals surface area contributed by atoms with Crippen molar-refractivity contribution in [3.05, 3.63) is 22.4 Å². The van der Waals surface area contributed by atoms with Crippen LogP contribution >= 0.6 is 11.3 Å². The maximum Gasteiger partial charge on any atom is 0.236 e.